The molecule has 0 unspecified atom stereocenters. The number of aryl methyl sites for hydroxylation is 1. The Labute approximate surface area is 209 Å². The van der Waals surface area contributed by atoms with Gasteiger partial charge in [0.15, 0.2) is 5.71 Å². The van der Waals surface area contributed by atoms with Crippen LogP contribution in [0.4, 0.5) is 5.69 Å². The van der Waals surface area contributed by atoms with E-state index in [4.69, 9.17) is 0 Å². The van der Waals surface area contributed by atoms with Gasteiger partial charge in [-0.25, -0.2) is 10.4 Å². The molecule has 0 atom stereocenters. The molecule has 178 valence electrons. The highest BCUT2D eigenvalue weighted by atomic mass is 16.2. The van der Waals surface area contributed by atoms with Crippen molar-refractivity contribution in [3.8, 4) is 0 Å². The molecule has 4 aromatic rings. The molecule has 0 bridgehead atoms. The number of anilines is 1. The molecule has 0 spiro atoms. The number of rotatable bonds is 6. The zero-order chi connectivity index (χ0) is 25.3. The Morgan fingerprint density at radius 1 is 0.611 bits per heavy atom. The van der Waals surface area contributed by atoms with Crippen LogP contribution in [0, 0.1) is 6.92 Å². The first-order valence-electron chi connectivity index (χ1n) is 11.3. The maximum atomic E-state index is 13.8. The summed E-state index contributed by atoms with van der Waals surface area (Å²) >= 11 is 0. The van der Waals surface area contributed by atoms with Gasteiger partial charge in [0.05, 0.1) is 5.69 Å². The van der Waals surface area contributed by atoms with Gasteiger partial charge in [-0.3, -0.25) is 19.8 Å². The summed E-state index contributed by atoms with van der Waals surface area (Å²) < 4.78 is 0. The number of hydrazine groups is 1. The van der Waals surface area contributed by atoms with E-state index < -0.39 is 17.7 Å². The average Bonchev–Trinajstić information content (AvgIpc) is 2.93. The van der Waals surface area contributed by atoms with Crippen LogP contribution in [0.5, 0.6) is 0 Å². The highest BCUT2D eigenvalue weighted by Gasteiger charge is 2.26. The first kappa shape index (κ1) is 24.1. The van der Waals surface area contributed by atoms with Gasteiger partial charge in [0, 0.05) is 16.7 Å². The molecule has 0 saturated heterocycles. The van der Waals surface area contributed by atoms with Gasteiger partial charge >= 0.3 is 0 Å². The predicted molar refractivity (Wildman–Crippen MR) is 139 cm³/mol. The molecule has 7 heteroatoms. The van der Waals surface area contributed by atoms with Gasteiger partial charge in [-0.15, -0.1) is 0 Å². The molecule has 3 amide bonds. The number of benzene rings is 4. The van der Waals surface area contributed by atoms with Crippen LogP contribution >= 0.6 is 0 Å². The molecule has 36 heavy (non-hydrogen) atoms. The molecular weight excluding hydrogens is 452 g/mol. The molecule has 4 rings (SSSR count). The van der Waals surface area contributed by atoms with Crippen molar-refractivity contribution >= 4 is 29.1 Å². The van der Waals surface area contributed by atoms with Gasteiger partial charge in [-0.05, 0) is 43.3 Å². The molecule has 0 heterocycles. The summed E-state index contributed by atoms with van der Waals surface area (Å²) in [6.07, 6.45) is 0. The summed E-state index contributed by atoms with van der Waals surface area (Å²) in [5.41, 5.74) is 7.81. The quantitative estimate of drug-likeness (QED) is 0.317. The molecule has 0 fully saturated rings. The molecule has 7 nitrogen and oxygen atoms in total. The summed E-state index contributed by atoms with van der Waals surface area (Å²) in [5, 5.41) is 5.31. The summed E-state index contributed by atoms with van der Waals surface area (Å²) in [5.74, 6) is -1.55. The highest BCUT2D eigenvalue weighted by molar-refractivity contribution is 6.49. The van der Waals surface area contributed by atoms with Crippen LogP contribution in [-0.2, 0) is 4.79 Å². The van der Waals surface area contributed by atoms with E-state index in [0.717, 1.165) is 10.6 Å². The van der Waals surface area contributed by atoms with Crippen molar-refractivity contribution in [2.45, 2.75) is 6.92 Å². The highest BCUT2D eigenvalue weighted by Crippen LogP contribution is 2.15. The van der Waals surface area contributed by atoms with E-state index in [9.17, 15) is 14.4 Å². The van der Waals surface area contributed by atoms with Crippen LogP contribution in [-0.4, -0.2) is 23.4 Å². The van der Waals surface area contributed by atoms with E-state index in [1.807, 2.05) is 25.1 Å². The molecular formula is C29H24N4O3. The Balaban J connectivity index is 1.69. The number of hydrogen-bond donors (Lipinski definition) is 2. The lowest BCUT2D eigenvalue weighted by Crippen LogP contribution is -2.50. The van der Waals surface area contributed by atoms with Crippen LogP contribution in [0.15, 0.2) is 120 Å². The minimum absolute atomic E-state index is 0.0482. The second-order valence-electron chi connectivity index (χ2n) is 7.92. The second-order valence-corrected chi connectivity index (χ2v) is 7.92. The zero-order valence-electron chi connectivity index (χ0n) is 19.6. The Bertz CT molecular complexity index is 1370. The lowest BCUT2D eigenvalue weighted by atomic mass is 10.1. The number of hydrogen-bond acceptors (Lipinski definition) is 4. The summed E-state index contributed by atoms with van der Waals surface area (Å²) in [6, 6.07) is 33.0. The molecule has 0 aliphatic carbocycles. The van der Waals surface area contributed by atoms with Gasteiger partial charge in [0.1, 0.15) is 0 Å². The average molecular weight is 477 g/mol. The molecule has 2 N–H and O–H groups in total. The van der Waals surface area contributed by atoms with Crippen LogP contribution in [0.2, 0.25) is 0 Å². The maximum absolute atomic E-state index is 13.8. The van der Waals surface area contributed by atoms with E-state index >= 15 is 0 Å². The lowest BCUT2D eigenvalue weighted by molar-refractivity contribution is -0.113. The topological polar surface area (TPSA) is 90.9 Å². The van der Waals surface area contributed by atoms with Crippen LogP contribution < -0.4 is 15.9 Å². The molecule has 0 radical (unpaired) electrons. The normalized spacial score (nSPS) is 10.9. The van der Waals surface area contributed by atoms with Crippen molar-refractivity contribution in [1.82, 2.24) is 10.9 Å². The first-order valence-corrected chi connectivity index (χ1v) is 11.3. The standard InChI is InChI=1S/C29H24N4O3/c1-21-17-19-24(20-18-21)28(35)32-33(25-15-9-4-10-16-25)29(36)26(22-11-5-2-6-12-22)30-31-27(34)23-13-7-3-8-14-23/h2-20H,1H3,(H,31,34)(H,32,35)/b30-26-. The van der Waals surface area contributed by atoms with Crippen LogP contribution in [0.1, 0.15) is 31.8 Å². The SMILES string of the molecule is Cc1ccc(C(=O)NN(C(=O)/C(=N\NC(=O)c2ccccc2)c2ccccc2)c2ccccc2)cc1. The second kappa shape index (κ2) is 11.4. The number of amides is 3. The molecule has 0 saturated carbocycles. The van der Waals surface area contributed by atoms with Crippen molar-refractivity contribution in [3.05, 3.63) is 138 Å². The first-order chi connectivity index (χ1) is 17.5. The minimum atomic E-state index is -0.624. The Kier molecular flexibility index (Phi) is 7.63. The predicted octanol–water partition coefficient (Wildman–Crippen LogP) is 4.51. The minimum Gasteiger partial charge on any atom is -0.267 e. The Morgan fingerprint density at radius 3 is 1.69 bits per heavy atom. The number of hydrazone groups is 1. The van der Waals surface area contributed by atoms with Gasteiger partial charge in [-0.2, -0.15) is 5.10 Å². The fourth-order valence-corrected chi connectivity index (χ4v) is 3.38. The van der Waals surface area contributed by atoms with Gasteiger partial charge < -0.3 is 0 Å². The smallest absolute Gasteiger partial charge is 0.267 e. The monoisotopic (exact) mass is 476 g/mol. The van der Waals surface area contributed by atoms with Crippen molar-refractivity contribution < 1.29 is 14.4 Å². The lowest BCUT2D eigenvalue weighted by Gasteiger charge is -2.24. The fraction of sp³-hybridized carbons (Fsp3) is 0.0345. The third-order valence-electron chi connectivity index (χ3n) is 5.30. The van der Waals surface area contributed by atoms with E-state index in [2.05, 4.69) is 16.0 Å². The van der Waals surface area contributed by atoms with Gasteiger partial charge in [0.25, 0.3) is 17.7 Å². The Morgan fingerprint density at radius 2 is 1.11 bits per heavy atom. The van der Waals surface area contributed by atoms with E-state index in [1.165, 1.54) is 0 Å². The number of nitrogens with one attached hydrogen (secondary N) is 2. The third kappa shape index (κ3) is 5.90. The van der Waals surface area contributed by atoms with Crippen LogP contribution in [0.3, 0.4) is 0 Å². The van der Waals surface area contributed by atoms with Crippen molar-refractivity contribution in [3.63, 3.8) is 0 Å². The number of nitrogens with zero attached hydrogens (tertiary/aromatic N) is 2. The summed E-state index contributed by atoms with van der Waals surface area (Å²) in [4.78, 5) is 39.5. The van der Waals surface area contributed by atoms with E-state index in [-0.39, 0.29) is 5.71 Å². The van der Waals surface area contributed by atoms with Crippen LogP contribution in [0.25, 0.3) is 0 Å². The van der Waals surface area contributed by atoms with Crippen molar-refractivity contribution in [2.24, 2.45) is 5.10 Å². The number of carbonyl (C=O) groups is 3. The third-order valence-corrected chi connectivity index (χ3v) is 5.30. The maximum Gasteiger partial charge on any atom is 0.298 e. The van der Waals surface area contributed by atoms with Gasteiger partial charge in [0.2, 0.25) is 0 Å². The fourth-order valence-electron chi connectivity index (χ4n) is 3.38. The van der Waals surface area contributed by atoms with Crippen molar-refractivity contribution in [1.29, 1.82) is 0 Å². The molecule has 4 aromatic carbocycles. The van der Waals surface area contributed by atoms with E-state index in [0.29, 0.717) is 22.4 Å². The molecule has 0 aliphatic rings. The number of para-hydroxylation sites is 1. The van der Waals surface area contributed by atoms with Crippen molar-refractivity contribution in [2.75, 3.05) is 5.01 Å². The van der Waals surface area contributed by atoms with Gasteiger partial charge in [-0.1, -0.05) is 84.4 Å². The zero-order valence-corrected chi connectivity index (χ0v) is 19.6. The number of carbonyl (C=O) groups excluding carboxylic acids is 3. The molecule has 0 aliphatic heterocycles. The van der Waals surface area contributed by atoms with E-state index in [1.54, 1.807) is 97.1 Å². The summed E-state index contributed by atoms with van der Waals surface area (Å²) in [6.45, 7) is 1.92. The largest absolute Gasteiger partial charge is 0.298 e. The Hall–Kier alpha value is -5.04. The molecule has 0 aromatic heterocycles. The summed E-state index contributed by atoms with van der Waals surface area (Å²) in [7, 11) is 0.